The number of thiazole rings is 1. The van der Waals surface area contributed by atoms with E-state index in [0.717, 1.165) is 23.2 Å². The van der Waals surface area contributed by atoms with Gasteiger partial charge in [0.15, 0.2) is 0 Å². The molecular weight excluding hydrogens is 168 g/mol. The summed E-state index contributed by atoms with van der Waals surface area (Å²) >= 11 is 1.70. The van der Waals surface area contributed by atoms with Gasteiger partial charge >= 0.3 is 0 Å². The van der Waals surface area contributed by atoms with Crippen molar-refractivity contribution in [3.05, 3.63) is 23.3 Å². The highest BCUT2D eigenvalue weighted by molar-refractivity contribution is 7.18. The number of pyridine rings is 1. The van der Waals surface area contributed by atoms with Gasteiger partial charge < -0.3 is 0 Å². The van der Waals surface area contributed by atoms with Gasteiger partial charge in [0.1, 0.15) is 10.3 Å². The first-order chi connectivity index (χ1) is 5.90. The van der Waals surface area contributed by atoms with Gasteiger partial charge in [0.25, 0.3) is 0 Å². The molecule has 2 rings (SSSR count). The molecule has 12 heavy (non-hydrogen) atoms. The van der Waals surface area contributed by atoms with Crippen molar-refractivity contribution in [2.75, 3.05) is 0 Å². The maximum atomic E-state index is 4.46. The standard InChI is InChI=1S/C9H10N2S/c1-2-4-8-11-7-5-3-6-10-9(7)12-8/h3,5-6H,2,4H2,1H3. The van der Waals surface area contributed by atoms with E-state index >= 15 is 0 Å². The van der Waals surface area contributed by atoms with Gasteiger partial charge in [-0.25, -0.2) is 9.97 Å². The number of nitrogens with zero attached hydrogens (tertiary/aromatic N) is 2. The van der Waals surface area contributed by atoms with Crippen LogP contribution in [0, 0.1) is 0 Å². The Bertz CT molecular complexity index is 348. The van der Waals surface area contributed by atoms with Gasteiger partial charge in [-0.15, -0.1) is 0 Å². The Morgan fingerprint density at radius 2 is 2.42 bits per heavy atom. The van der Waals surface area contributed by atoms with E-state index < -0.39 is 0 Å². The van der Waals surface area contributed by atoms with E-state index in [2.05, 4.69) is 16.9 Å². The fourth-order valence-corrected chi connectivity index (χ4v) is 2.14. The van der Waals surface area contributed by atoms with E-state index in [1.54, 1.807) is 11.3 Å². The number of hydrogen-bond donors (Lipinski definition) is 0. The fourth-order valence-electron chi connectivity index (χ4n) is 1.14. The predicted octanol–water partition coefficient (Wildman–Crippen LogP) is 2.64. The maximum absolute atomic E-state index is 4.46. The largest absolute Gasteiger partial charge is 0.244 e. The molecule has 0 radical (unpaired) electrons. The van der Waals surface area contributed by atoms with Gasteiger partial charge in [0.2, 0.25) is 0 Å². The average molecular weight is 178 g/mol. The third-order valence-corrected chi connectivity index (χ3v) is 2.71. The van der Waals surface area contributed by atoms with Crippen LogP contribution in [-0.4, -0.2) is 9.97 Å². The molecule has 2 heterocycles. The summed E-state index contributed by atoms with van der Waals surface area (Å²) < 4.78 is 0. The van der Waals surface area contributed by atoms with Gasteiger partial charge in [-0.2, -0.15) is 0 Å². The van der Waals surface area contributed by atoms with Gasteiger partial charge in [0, 0.05) is 6.20 Å². The molecule has 0 saturated carbocycles. The molecule has 0 aliphatic heterocycles. The molecule has 0 fully saturated rings. The minimum absolute atomic E-state index is 1.03. The lowest BCUT2D eigenvalue weighted by Gasteiger charge is -1.84. The second-order valence-electron chi connectivity index (χ2n) is 2.69. The van der Waals surface area contributed by atoms with Crippen molar-refractivity contribution in [1.82, 2.24) is 9.97 Å². The van der Waals surface area contributed by atoms with Gasteiger partial charge in [-0.1, -0.05) is 18.3 Å². The van der Waals surface area contributed by atoms with Crippen LogP contribution < -0.4 is 0 Å². The van der Waals surface area contributed by atoms with Crippen LogP contribution in [-0.2, 0) is 6.42 Å². The minimum atomic E-state index is 1.03. The molecule has 2 aromatic rings. The topological polar surface area (TPSA) is 25.8 Å². The van der Waals surface area contributed by atoms with Crippen molar-refractivity contribution < 1.29 is 0 Å². The summed E-state index contributed by atoms with van der Waals surface area (Å²) in [4.78, 5) is 9.76. The van der Waals surface area contributed by atoms with Crippen LogP contribution in [0.3, 0.4) is 0 Å². The maximum Gasteiger partial charge on any atom is 0.143 e. The summed E-state index contributed by atoms with van der Waals surface area (Å²) in [5.41, 5.74) is 1.03. The van der Waals surface area contributed by atoms with Crippen LogP contribution in [0.2, 0.25) is 0 Å². The smallest absolute Gasteiger partial charge is 0.143 e. The minimum Gasteiger partial charge on any atom is -0.244 e. The fraction of sp³-hybridized carbons (Fsp3) is 0.333. The molecule has 0 unspecified atom stereocenters. The van der Waals surface area contributed by atoms with E-state index in [1.165, 1.54) is 5.01 Å². The molecule has 2 aromatic heterocycles. The molecule has 0 amide bonds. The number of hydrogen-bond acceptors (Lipinski definition) is 3. The van der Waals surface area contributed by atoms with E-state index in [0.29, 0.717) is 0 Å². The molecule has 0 atom stereocenters. The Labute approximate surface area is 75.3 Å². The van der Waals surface area contributed by atoms with Crippen molar-refractivity contribution in [3.63, 3.8) is 0 Å². The summed E-state index contributed by atoms with van der Waals surface area (Å²) in [6.07, 6.45) is 4.04. The Kier molecular flexibility index (Phi) is 2.04. The van der Waals surface area contributed by atoms with Crippen LogP contribution in [0.15, 0.2) is 18.3 Å². The SMILES string of the molecule is CCCc1nc2cccnc2s1. The highest BCUT2D eigenvalue weighted by Gasteiger charge is 2.01. The highest BCUT2D eigenvalue weighted by Crippen LogP contribution is 2.19. The van der Waals surface area contributed by atoms with Crippen molar-refractivity contribution in [3.8, 4) is 0 Å². The number of fused-ring (bicyclic) bond motifs is 1. The zero-order valence-electron chi connectivity index (χ0n) is 6.95. The van der Waals surface area contributed by atoms with Crippen molar-refractivity contribution in [2.24, 2.45) is 0 Å². The van der Waals surface area contributed by atoms with Crippen LogP contribution in [0.5, 0.6) is 0 Å². The van der Waals surface area contributed by atoms with Crippen molar-refractivity contribution >= 4 is 21.7 Å². The van der Waals surface area contributed by atoms with Gasteiger partial charge in [-0.05, 0) is 25.0 Å². The van der Waals surface area contributed by atoms with E-state index in [1.807, 2.05) is 18.3 Å². The second kappa shape index (κ2) is 3.19. The van der Waals surface area contributed by atoms with Crippen molar-refractivity contribution in [2.45, 2.75) is 19.8 Å². The third kappa shape index (κ3) is 1.32. The molecule has 0 N–H and O–H groups in total. The number of rotatable bonds is 2. The lowest BCUT2D eigenvalue weighted by atomic mass is 10.3. The average Bonchev–Trinajstić information content (AvgIpc) is 2.47. The lowest BCUT2D eigenvalue weighted by Crippen LogP contribution is -1.78. The quantitative estimate of drug-likeness (QED) is 0.706. The summed E-state index contributed by atoms with van der Waals surface area (Å²) in [5, 5.41) is 1.20. The molecule has 3 heteroatoms. The zero-order chi connectivity index (χ0) is 8.39. The van der Waals surface area contributed by atoms with Gasteiger partial charge in [0.05, 0.1) is 5.01 Å². The molecular formula is C9H10N2S. The Morgan fingerprint density at radius 3 is 3.17 bits per heavy atom. The Morgan fingerprint density at radius 1 is 1.50 bits per heavy atom. The Hall–Kier alpha value is -0.960. The molecule has 0 aromatic carbocycles. The second-order valence-corrected chi connectivity index (χ2v) is 3.75. The summed E-state index contributed by atoms with van der Waals surface area (Å²) in [7, 11) is 0. The van der Waals surface area contributed by atoms with Crippen LogP contribution >= 0.6 is 11.3 Å². The van der Waals surface area contributed by atoms with Crippen LogP contribution in [0.4, 0.5) is 0 Å². The van der Waals surface area contributed by atoms with E-state index in [9.17, 15) is 0 Å². The Balaban J connectivity index is 2.47. The normalized spacial score (nSPS) is 10.8. The predicted molar refractivity (Wildman–Crippen MR) is 51.4 cm³/mol. The van der Waals surface area contributed by atoms with Gasteiger partial charge in [-0.3, -0.25) is 0 Å². The molecule has 2 nitrogen and oxygen atoms in total. The summed E-state index contributed by atoms with van der Waals surface area (Å²) in [6.45, 7) is 2.17. The first-order valence-corrected chi connectivity index (χ1v) is 4.92. The molecule has 0 bridgehead atoms. The zero-order valence-corrected chi connectivity index (χ0v) is 7.77. The first kappa shape index (κ1) is 7.68. The molecule has 0 spiro atoms. The number of aromatic nitrogens is 2. The third-order valence-electron chi connectivity index (χ3n) is 1.67. The van der Waals surface area contributed by atoms with Crippen LogP contribution in [0.25, 0.3) is 10.3 Å². The van der Waals surface area contributed by atoms with E-state index in [4.69, 9.17) is 0 Å². The lowest BCUT2D eigenvalue weighted by molar-refractivity contribution is 0.913. The monoisotopic (exact) mass is 178 g/mol. The molecule has 0 aliphatic carbocycles. The molecule has 62 valence electrons. The number of aryl methyl sites for hydroxylation is 1. The summed E-state index contributed by atoms with van der Waals surface area (Å²) in [5.74, 6) is 0. The molecule has 0 aliphatic rings. The first-order valence-electron chi connectivity index (χ1n) is 4.10. The van der Waals surface area contributed by atoms with Crippen LogP contribution in [0.1, 0.15) is 18.4 Å². The molecule has 0 saturated heterocycles. The summed E-state index contributed by atoms with van der Waals surface area (Å²) in [6, 6.07) is 3.94. The highest BCUT2D eigenvalue weighted by atomic mass is 32.1. The van der Waals surface area contributed by atoms with Crippen molar-refractivity contribution in [1.29, 1.82) is 0 Å². The van der Waals surface area contributed by atoms with E-state index in [-0.39, 0.29) is 0 Å².